The lowest BCUT2D eigenvalue weighted by Crippen LogP contribution is -2.62. The predicted molar refractivity (Wildman–Crippen MR) is 100.0 cm³/mol. The van der Waals surface area contributed by atoms with Gasteiger partial charge in [0, 0.05) is 18.8 Å². The molecular formula is C20H19F3N2O6. The Balaban J connectivity index is 2.22. The maximum atomic E-state index is 13.2. The van der Waals surface area contributed by atoms with Crippen LogP contribution in [0.4, 0.5) is 18.9 Å². The Kier molecular flexibility index (Phi) is 5.55. The highest BCUT2D eigenvalue weighted by Crippen LogP contribution is 2.41. The Morgan fingerprint density at radius 2 is 1.74 bits per heavy atom. The van der Waals surface area contributed by atoms with Crippen LogP contribution in [-0.2, 0) is 25.4 Å². The average Bonchev–Trinajstić information content (AvgIpc) is 3.22. The first-order valence-corrected chi connectivity index (χ1v) is 9.41. The number of carbonyl (C=O) groups is 4. The first-order chi connectivity index (χ1) is 14.4. The van der Waals surface area contributed by atoms with Crippen molar-refractivity contribution in [3.8, 4) is 0 Å². The van der Waals surface area contributed by atoms with Gasteiger partial charge in [0.25, 0.3) is 5.91 Å². The first kappa shape index (κ1) is 22.3. The van der Waals surface area contributed by atoms with Gasteiger partial charge in [0.05, 0.1) is 11.6 Å². The van der Waals surface area contributed by atoms with Gasteiger partial charge < -0.3 is 20.0 Å². The molecule has 1 fully saturated rings. The van der Waals surface area contributed by atoms with Crippen molar-refractivity contribution in [2.24, 2.45) is 5.41 Å². The smallest absolute Gasteiger partial charge is 0.416 e. The normalized spacial score (nSPS) is 24.2. The van der Waals surface area contributed by atoms with Crippen molar-refractivity contribution in [1.82, 2.24) is 4.90 Å². The van der Waals surface area contributed by atoms with Crippen LogP contribution in [0.15, 0.2) is 35.9 Å². The highest BCUT2D eigenvalue weighted by molar-refractivity contribution is 6.25. The molecule has 166 valence electrons. The van der Waals surface area contributed by atoms with E-state index in [0.29, 0.717) is 29.9 Å². The number of carbonyl (C=O) groups excluding carboxylic acids is 2. The van der Waals surface area contributed by atoms with E-state index < -0.39 is 52.5 Å². The molecule has 3 rings (SSSR count). The number of aliphatic carboxylic acids is 2. The van der Waals surface area contributed by atoms with Gasteiger partial charge in [-0.05, 0) is 44.0 Å². The molecule has 1 aromatic carbocycles. The third-order valence-electron chi connectivity index (χ3n) is 5.65. The number of alkyl halides is 3. The Bertz CT molecular complexity index is 983. The third-order valence-corrected chi connectivity index (χ3v) is 5.65. The van der Waals surface area contributed by atoms with Gasteiger partial charge in [0.15, 0.2) is 5.41 Å². The minimum Gasteiger partial charge on any atom is -0.480 e. The molecule has 0 aliphatic carbocycles. The molecule has 0 saturated carbocycles. The number of halogens is 3. The number of rotatable bonds is 4. The van der Waals surface area contributed by atoms with Crippen molar-refractivity contribution in [2.45, 2.75) is 32.0 Å². The van der Waals surface area contributed by atoms with Crippen LogP contribution < -0.4 is 4.90 Å². The molecule has 0 spiro atoms. The number of likely N-dealkylation sites (tertiary alicyclic amines) is 1. The summed E-state index contributed by atoms with van der Waals surface area (Å²) >= 11 is 0. The average molecular weight is 440 g/mol. The lowest BCUT2D eigenvalue weighted by Gasteiger charge is -2.43. The van der Waals surface area contributed by atoms with E-state index in [1.54, 1.807) is 0 Å². The van der Waals surface area contributed by atoms with Crippen LogP contribution in [0.25, 0.3) is 0 Å². The van der Waals surface area contributed by atoms with Gasteiger partial charge in [0.2, 0.25) is 5.91 Å². The third kappa shape index (κ3) is 3.64. The number of anilines is 1. The fourth-order valence-electron chi connectivity index (χ4n) is 4.00. The van der Waals surface area contributed by atoms with E-state index in [1.165, 1.54) is 11.8 Å². The second kappa shape index (κ2) is 7.71. The molecule has 0 aromatic heterocycles. The molecule has 1 saturated heterocycles. The van der Waals surface area contributed by atoms with Crippen LogP contribution in [0.3, 0.4) is 0 Å². The SMILES string of the molecule is CC1N(c2cccc(C(F)(F)F)c2)C(=O)C(C(=O)O)=CC1(C(=O)O)C(=O)N1CCCC1. The Morgan fingerprint density at radius 3 is 2.26 bits per heavy atom. The number of carboxylic acid groups (broad SMARTS) is 2. The second-order valence-electron chi connectivity index (χ2n) is 7.44. The van der Waals surface area contributed by atoms with Gasteiger partial charge >= 0.3 is 18.1 Å². The standard InChI is InChI=1S/C20H19F3N2O6/c1-11-19(18(30)31,17(29)24-7-2-3-8-24)10-14(16(27)28)15(26)25(11)13-6-4-5-12(9-13)20(21,22)23/h4-6,9-11H,2-3,7-8H2,1H3,(H,27,28)(H,30,31). The van der Waals surface area contributed by atoms with Crippen molar-refractivity contribution in [3.05, 3.63) is 41.5 Å². The first-order valence-electron chi connectivity index (χ1n) is 9.41. The predicted octanol–water partition coefficient (Wildman–Crippen LogP) is 2.14. The Labute approximate surface area is 174 Å². The summed E-state index contributed by atoms with van der Waals surface area (Å²) in [5.41, 5.74) is -4.94. The molecule has 0 bridgehead atoms. The minimum atomic E-state index is -4.75. The van der Waals surface area contributed by atoms with Crippen LogP contribution in [0.2, 0.25) is 0 Å². The second-order valence-corrected chi connectivity index (χ2v) is 7.44. The molecule has 2 aliphatic rings. The number of nitrogens with zero attached hydrogens (tertiary/aromatic N) is 2. The van der Waals surface area contributed by atoms with Crippen LogP contribution >= 0.6 is 0 Å². The summed E-state index contributed by atoms with van der Waals surface area (Å²) in [7, 11) is 0. The van der Waals surface area contributed by atoms with Crippen LogP contribution in [0.5, 0.6) is 0 Å². The van der Waals surface area contributed by atoms with Crippen molar-refractivity contribution < 1.29 is 42.6 Å². The van der Waals surface area contributed by atoms with Crippen LogP contribution in [0, 0.1) is 5.41 Å². The minimum absolute atomic E-state index is 0.258. The molecule has 2 amide bonds. The van der Waals surface area contributed by atoms with E-state index in [-0.39, 0.29) is 18.8 Å². The molecule has 2 unspecified atom stereocenters. The molecule has 2 N–H and O–H groups in total. The molecule has 0 radical (unpaired) electrons. The van der Waals surface area contributed by atoms with Crippen LogP contribution in [0.1, 0.15) is 25.3 Å². The van der Waals surface area contributed by atoms with Crippen molar-refractivity contribution >= 4 is 29.4 Å². The number of benzene rings is 1. The molecule has 11 heteroatoms. The highest BCUT2D eigenvalue weighted by atomic mass is 19.4. The maximum Gasteiger partial charge on any atom is 0.416 e. The number of hydrogen-bond acceptors (Lipinski definition) is 4. The van der Waals surface area contributed by atoms with Crippen LogP contribution in [-0.4, -0.2) is 58.0 Å². The van der Waals surface area contributed by atoms with E-state index in [4.69, 9.17) is 0 Å². The summed E-state index contributed by atoms with van der Waals surface area (Å²) in [6, 6.07) is 2.03. The maximum absolute atomic E-state index is 13.2. The zero-order valence-electron chi connectivity index (χ0n) is 16.3. The van der Waals surface area contributed by atoms with Crippen molar-refractivity contribution in [1.29, 1.82) is 0 Å². The summed E-state index contributed by atoms with van der Waals surface area (Å²) in [5, 5.41) is 19.5. The highest BCUT2D eigenvalue weighted by Gasteiger charge is 2.58. The van der Waals surface area contributed by atoms with E-state index in [2.05, 4.69) is 0 Å². The van der Waals surface area contributed by atoms with E-state index >= 15 is 0 Å². The quantitative estimate of drug-likeness (QED) is 0.548. The molecule has 8 nitrogen and oxygen atoms in total. The number of amides is 2. The summed E-state index contributed by atoms with van der Waals surface area (Å²) in [6.07, 6.45) is -2.88. The van der Waals surface area contributed by atoms with E-state index in [0.717, 1.165) is 18.2 Å². The summed E-state index contributed by atoms with van der Waals surface area (Å²) in [5.74, 6) is -5.59. The molecular weight excluding hydrogens is 421 g/mol. The lowest BCUT2D eigenvalue weighted by molar-refractivity contribution is -0.158. The van der Waals surface area contributed by atoms with Gasteiger partial charge in [-0.25, -0.2) is 4.79 Å². The van der Waals surface area contributed by atoms with Gasteiger partial charge in [-0.1, -0.05) is 6.07 Å². The van der Waals surface area contributed by atoms with Crippen molar-refractivity contribution in [2.75, 3.05) is 18.0 Å². The lowest BCUT2D eigenvalue weighted by atomic mass is 9.74. The van der Waals surface area contributed by atoms with Crippen molar-refractivity contribution in [3.63, 3.8) is 0 Å². The summed E-state index contributed by atoms with van der Waals surface area (Å²) in [4.78, 5) is 52.1. The molecule has 31 heavy (non-hydrogen) atoms. The Morgan fingerprint density at radius 1 is 1.13 bits per heavy atom. The summed E-state index contributed by atoms with van der Waals surface area (Å²) in [6.45, 7) is 1.72. The van der Waals surface area contributed by atoms with Gasteiger partial charge in [-0.2, -0.15) is 13.2 Å². The number of hydrogen-bond donors (Lipinski definition) is 2. The largest absolute Gasteiger partial charge is 0.480 e. The fraction of sp³-hybridized carbons (Fsp3) is 0.400. The topological polar surface area (TPSA) is 115 Å². The van der Waals surface area contributed by atoms with Gasteiger partial charge in [0.1, 0.15) is 5.57 Å². The molecule has 1 aromatic rings. The number of carboxylic acids is 2. The Hall–Kier alpha value is -3.37. The van der Waals surface area contributed by atoms with Gasteiger partial charge in [-0.3, -0.25) is 14.4 Å². The van der Waals surface area contributed by atoms with E-state index in [1.807, 2.05) is 0 Å². The fourth-order valence-corrected chi connectivity index (χ4v) is 4.00. The molecule has 2 heterocycles. The zero-order valence-corrected chi connectivity index (χ0v) is 16.3. The van der Waals surface area contributed by atoms with E-state index in [9.17, 15) is 42.6 Å². The molecule has 2 atom stereocenters. The summed E-state index contributed by atoms with van der Waals surface area (Å²) < 4.78 is 39.6. The zero-order chi connectivity index (χ0) is 23.1. The molecule has 2 aliphatic heterocycles. The monoisotopic (exact) mass is 440 g/mol. The van der Waals surface area contributed by atoms with Gasteiger partial charge in [-0.15, -0.1) is 0 Å².